The minimum atomic E-state index is -1.23. The van der Waals surface area contributed by atoms with Crippen LogP contribution in [0.15, 0.2) is 87.4 Å². The number of halogens is 2. The molecule has 0 bridgehead atoms. The Labute approximate surface area is 184 Å². The van der Waals surface area contributed by atoms with E-state index in [2.05, 4.69) is 37.2 Å². The van der Waals surface area contributed by atoms with Crippen LogP contribution in [0.25, 0.3) is 6.08 Å². The second kappa shape index (κ2) is 9.54. The molecule has 5 nitrogen and oxygen atoms in total. The first kappa shape index (κ1) is 20.8. The molecular formula is C22H15Br2NO4. The zero-order chi connectivity index (χ0) is 20.8. The fourth-order valence-corrected chi connectivity index (χ4v) is 3.19. The van der Waals surface area contributed by atoms with Crippen LogP contribution < -0.4 is 10.1 Å². The number of hydrogen-bond donors (Lipinski definition) is 2. The van der Waals surface area contributed by atoms with Crippen LogP contribution in [-0.4, -0.2) is 17.0 Å². The second-order valence-corrected chi connectivity index (χ2v) is 7.70. The maximum absolute atomic E-state index is 12.3. The molecule has 0 saturated carbocycles. The Morgan fingerprint density at radius 2 is 1.66 bits per heavy atom. The number of ether oxygens (including phenoxy) is 1. The number of aliphatic carboxylic acids is 1. The first-order valence-corrected chi connectivity index (χ1v) is 10.1. The number of carboxylic acid groups (broad SMARTS) is 1. The molecule has 0 saturated heterocycles. The normalized spacial score (nSPS) is 11.0. The Bertz CT molecular complexity index is 1080. The maximum atomic E-state index is 12.3. The van der Waals surface area contributed by atoms with Crippen LogP contribution in [0.5, 0.6) is 11.5 Å². The van der Waals surface area contributed by atoms with E-state index in [1.54, 1.807) is 48.5 Å². The molecule has 0 aromatic heterocycles. The van der Waals surface area contributed by atoms with Gasteiger partial charge in [-0.3, -0.25) is 4.79 Å². The van der Waals surface area contributed by atoms with Crippen molar-refractivity contribution in [1.82, 2.24) is 5.32 Å². The van der Waals surface area contributed by atoms with Crippen LogP contribution in [0.3, 0.4) is 0 Å². The fraction of sp³-hybridized carbons (Fsp3) is 0. The smallest absolute Gasteiger partial charge is 0.352 e. The predicted molar refractivity (Wildman–Crippen MR) is 118 cm³/mol. The molecule has 3 rings (SSSR count). The van der Waals surface area contributed by atoms with E-state index >= 15 is 0 Å². The quantitative estimate of drug-likeness (QED) is 0.402. The van der Waals surface area contributed by atoms with Crippen LogP contribution in [0.2, 0.25) is 0 Å². The lowest BCUT2D eigenvalue weighted by molar-refractivity contribution is -0.132. The number of nitrogens with one attached hydrogen (secondary N) is 1. The minimum absolute atomic E-state index is 0.227. The van der Waals surface area contributed by atoms with Gasteiger partial charge in [0, 0.05) is 10.0 Å². The van der Waals surface area contributed by atoms with Crippen molar-refractivity contribution in [2.75, 3.05) is 0 Å². The number of para-hydroxylation sites is 1. The first-order valence-electron chi connectivity index (χ1n) is 8.47. The van der Waals surface area contributed by atoms with Crippen molar-refractivity contribution >= 4 is 49.8 Å². The summed E-state index contributed by atoms with van der Waals surface area (Å²) in [4.78, 5) is 23.9. The van der Waals surface area contributed by atoms with E-state index in [9.17, 15) is 14.7 Å². The Morgan fingerprint density at radius 1 is 0.931 bits per heavy atom. The van der Waals surface area contributed by atoms with Gasteiger partial charge in [-0.15, -0.1) is 0 Å². The maximum Gasteiger partial charge on any atom is 0.352 e. The van der Waals surface area contributed by atoms with E-state index in [-0.39, 0.29) is 5.70 Å². The van der Waals surface area contributed by atoms with Crippen molar-refractivity contribution in [3.05, 3.63) is 98.6 Å². The molecule has 7 heteroatoms. The zero-order valence-electron chi connectivity index (χ0n) is 14.9. The molecular weight excluding hydrogens is 502 g/mol. The molecule has 0 aliphatic rings. The van der Waals surface area contributed by atoms with E-state index in [0.717, 1.165) is 8.95 Å². The average molecular weight is 517 g/mol. The number of hydrogen-bond acceptors (Lipinski definition) is 3. The topological polar surface area (TPSA) is 75.6 Å². The fourth-order valence-electron chi connectivity index (χ4n) is 2.43. The molecule has 0 spiro atoms. The summed E-state index contributed by atoms with van der Waals surface area (Å²) in [7, 11) is 0. The molecule has 0 heterocycles. The third-order valence-electron chi connectivity index (χ3n) is 3.82. The summed E-state index contributed by atoms with van der Waals surface area (Å²) in [6.07, 6.45) is 1.39. The third-order valence-corrected chi connectivity index (χ3v) is 4.97. The lowest BCUT2D eigenvalue weighted by Crippen LogP contribution is -2.27. The third kappa shape index (κ3) is 5.79. The molecule has 0 atom stereocenters. The number of carboxylic acids is 1. The molecule has 0 radical (unpaired) electrons. The molecule has 146 valence electrons. The minimum Gasteiger partial charge on any atom is -0.477 e. The standard InChI is InChI=1S/C22H15Br2NO4/c23-16-5-3-4-15(13-16)21(26)25-19(22(27)28)12-14-8-10-17(11-9-14)29-20-7-2-1-6-18(20)24/h1-13H,(H,25,26)(H,27,28). The largest absolute Gasteiger partial charge is 0.477 e. The summed E-state index contributed by atoms with van der Waals surface area (Å²) in [5.41, 5.74) is 0.731. The lowest BCUT2D eigenvalue weighted by atomic mass is 10.1. The van der Waals surface area contributed by atoms with Gasteiger partial charge in [0.05, 0.1) is 4.47 Å². The Kier molecular flexibility index (Phi) is 6.85. The molecule has 0 fully saturated rings. The Hall–Kier alpha value is -2.90. The Balaban J connectivity index is 1.76. The average Bonchev–Trinajstić information content (AvgIpc) is 2.70. The van der Waals surface area contributed by atoms with Gasteiger partial charge in [0.2, 0.25) is 0 Å². The van der Waals surface area contributed by atoms with Crippen LogP contribution in [0, 0.1) is 0 Å². The first-order chi connectivity index (χ1) is 13.9. The highest BCUT2D eigenvalue weighted by Crippen LogP contribution is 2.29. The predicted octanol–water partition coefficient (Wildman–Crippen LogP) is 5.86. The van der Waals surface area contributed by atoms with E-state index in [1.165, 1.54) is 6.08 Å². The van der Waals surface area contributed by atoms with E-state index < -0.39 is 11.9 Å². The number of benzene rings is 3. The molecule has 3 aromatic rings. The van der Waals surface area contributed by atoms with Crippen molar-refractivity contribution in [3.8, 4) is 11.5 Å². The molecule has 0 unspecified atom stereocenters. The van der Waals surface area contributed by atoms with Crippen molar-refractivity contribution in [3.63, 3.8) is 0 Å². The molecule has 0 aliphatic carbocycles. The second-order valence-electron chi connectivity index (χ2n) is 5.93. The highest BCUT2D eigenvalue weighted by Gasteiger charge is 2.13. The van der Waals surface area contributed by atoms with Gasteiger partial charge < -0.3 is 15.2 Å². The lowest BCUT2D eigenvalue weighted by Gasteiger charge is -2.09. The number of carbonyl (C=O) groups is 2. The van der Waals surface area contributed by atoms with Gasteiger partial charge in [0.25, 0.3) is 5.91 Å². The van der Waals surface area contributed by atoms with Gasteiger partial charge in [-0.25, -0.2) is 4.79 Å². The monoisotopic (exact) mass is 515 g/mol. The van der Waals surface area contributed by atoms with Gasteiger partial charge in [0.15, 0.2) is 0 Å². The van der Waals surface area contributed by atoms with Crippen LogP contribution in [0.4, 0.5) is 0 Å². The van der Waals surface area contributed by atoms with Gasteiger partial charge in [-0.1, -0.05) is 46.3 Å². The number of rotatable bonds is 6. The SMILES string of the molecule is O=C(O)C(=Cc1ccc(Oc2ccccc2Br)cc1)NC(=O)c1cccc(Br)c1. The van der Waals surface area contributed by atoms with Gasteiger partial charge in [-0.2, -0.15) is 0 Å². The van der Waals surface area contributed by atoms with E-state index in [4.69, 9.17) is 4.74 Å². The number of carbonyl (C=O) groups excluding carboxylic acids is 1. The van der Waals surface area contributed by atoms with E-state index in [0.29, 0.717) is 22.6 Å². The van der Waals surface area contributed by atoms with Gasteiger partial charge >= 0.3 is 5.97 Å². The summed E-state index contributed by atoms with van der Waals surface area (Å²) >= 11 is 6.71. The molecule has 0 aliphatic heterocycles. The summed E-state index contributed by atoms with van der Waals surface area (Å²) in [6.45, 7) is 0. The summed E-state index contributed by atoms with van der Waals surface area (Å²) in [5.74, 6) is -0.469. The van der Waals surface area contributed by atoms with Gasteiger partial charge in [-0.05, 0) is 70.0 Å². The highest BCUT2D eigenvalue weighted by atomic mass is 79.9. The molecule has 29 heavy (non-hydrogen) atoms. The van der Waals surface area contributed by atoms with Crippen LogP contribution in [0.1, 0.15) is 15.9 Å². The van der Waals surface area contributed by atoms with Crippen molar-refractivity contribution in [2.45, 2.75) is 0 Å². The number of amides is 1. The van der Waals surface area contributed by atoms with Gasteiger partial charge in [0.1, 0.15) is 17.2 Å². The molecule has 1 amide bonds. The van der Waals surface area contributed by atoms with Crippen molar-refractivity contribution in [2.24, 2.45) is 0 Å². The van der Waals surface area contributed by atoms with E-state index in [1.807, 2.05) is 24.3 Å². The molecule has 2 N–H and O–H groups in total. The highest BCUT2D eigenvalue weighted by molar-refractivity contribution is 9.10. The summed E-state index contributed by atoms with van der Waals surface area (Å²) in [6, 6.07) is 21.0. The van der Waals surface area contributed by atoms with Crippen molar-refractivity contribution in [1.29, 1.82) is 0 Å². The Morgan fingerprint density at radius 3 is 2.31 bits per heavy atom. The summed E-state index contributed by atoms with van der Waals surface area (Å²) < 4.78 is 7.35. The van der Waals surface area contributed by atoms with Crippen LogP contribution >= 0.6 is 31.9 Å². The van der Waals surface area contributed by atoms with Crippen LogP contribution in [-0.2, 0) is 4.79 Å². The zero-order valence-corrected chi connectivity index (χ0v) is 18.1. The summed E-state index contributed by atoms with van der Waals surface area (Å²) in [5, 5.41) is 11.9. The molecule has 3 aromatic carbocycles. The van der Waals surface area contributed by atoms with Crippen molar-refractivity contribution < 1.29 is 19.4 Å².